The molecule has 182 valence electrons. The smallest absolute Gasteiger partial charge is 0.286 e. The maximum atomic E-state index is 14.1. The molecule has 0 saturated carbocycles. The number of halogens is 1. The van der Waals surface area contributed by atoms with Crippen LogP contribution in [0.4, 0.5) is 4.39 Å². The van der Waals surface area contributed by atoms with E-state index in [1.54, 1.807) is 32.2 Å². The van der Waals surface area contributed by atoms with E-state index in [0.29, 0.717) is 23.4 Å². The van der Waals surface area contributed by atoms with Gasteiger partial charge in [-0.25, -0.2) is 4.39 Å². The van der Waals surface area contributed by atoms with Gasteiger partial charge in [-0.15, -0.1) is 0 Å². The number of aliphatic hydroxyl groups excluding tert-OH is 4. The van der Waals surface area contributed by atoms with Gasteiger partial charge in [0.25, 0.3) is 6.04 Å². The van der Waals surface area contributed by atoms with Crippen molar-refractivity contribution < 1.29 is 43.8 Å². The second-order valence-electron chi connectivity index (χ2n) is 8.28. The van der Waals surface area contributed by atoms with E-state index >= 15 is 0 Å². The Morgan fingerprint density at radius 1 is 1.21 bits per heavy atom. The fourth-order valence-corrected chi connectivity index (χ4v) is 3.90. The molecule has 1 aliphatic heterocycles. The summed E-state index contributed by atoms with van der Waals surface area (Å²) < 4.78 is 31.0. The van der Waals surface area contributed by atoms with Crippen molar-refractivity contribution in [3.63, 3.8) is 0 Å². The van der Waals surface area contributed by atoms with Crippen LogP contribution in [0.25, 0.3) is 0 Å². The lowest BCUT2D eigenvalue weighted by atomic mass is 10.00. The summed E-state index contributed by atoms with van der Waals surface area (Å²) in [5.41, 5.74) is 1.69. The Morgan fingerprint density at radius 2 is 1.91 bits per heavy atom. The predicted molar refractivity (Wildman–Crippen MR) is 116 cm³/mol. The maximum absolute atomic E-state index is 14.1. The molecule has 0 aromatic heterocycles. The minimum atomic E-state index is -2.00. The van der Waals surface area contributed by atoms with Crippen LogP contribution in [0.3, 0.4) is 0 Å². The van der Waals surface area contributed by atoms with Gasteiger partial charge in [-0.3, -0.25) is 0 Å². The van der Waals surface area contributed by atoms with E-state index in [1.165, 1.54) is 6.08 Å². The van der Waals surface area contributed by atoms with Crippen molar-refractivity contribution in [1.82, 2.24) is 0 Å². The fraction of sp³-hybridized carbons (Fsp3) is 0.565. The number of hydrogen-bond donors (Lipinski definition) is 4. The van der Waals surface area contributed by atoms with E-state index in [2.05, 4.69) is 0 Å². The van der Waals surface area contributed by atoms with Gasteiger partial charge < -0.3 is 34.6 Å². The van der Waals surface area contributed by atoms with Crippen molar-refractivity contribution in [2.75, 3.05) is 20.3 Å². The quantitative estimate of drug-likeness (QED) is 0.332. The van der Waals surface area contributed by atoms with Crippen molar-refractivity contribution in [3.05, 3.63) is 58.2 Å². The van der Waals surface area contributed by atoms with Gasteiger partial charge in [0.15, 0.2) is 30.9 Å². The molecule has 1 aromatic rings. The Morgan fingerprint density at radius 3 is 2.55 bits per heavy atom. The Balaban J connectivity index is 1.76. The number of ether oxygens (including phenoxy) is 3. The highest BCUT2D eigenvalue weighted by molar-refractivity contribution is 5.27. The largest absolute Gasteiger partial charge is 0.506 e. The van der Waals surface area contributed by atoms with E-state index in [9.17, 15) is 29.7 Å². The topological polar surface area (TPSA) is 129 Å². The summed E-state index contributed by atoms with van der Waals surface area (Å²) in [7, 11) is 1.56. The SMILES string of the molecule is COc1ccc(CC[N+](=O)C2C(O)=CCC(C)=CC2OC2OC(CO)C(F)C(O)C2O)cc1. The average Bonchev–Trinajstić information content (AvgIpc) is 2.95. The molecule has 0 bridgehead atoms. The third-order valence-corrected chi connectivity index (χ3v) is 5.88. The van der Waals surface area contributed by atoms with Crippen LogP contribution in [-0.4, -0.2) is 88.4 Å². The Kier molecular flexibility index (Phi) is 8.55. The molecule has 1 fully saturated rings. The van der Waals surface area contributed by atoms with E-state index < -0.39 is 49.5 Å². The lowest BCUT2D eigenvalue weighted by Crippen LogP contribution is -2.59. The van der Waals surface area contributed by atoms with Crippen molar-refractivity contribution >= 4 is 0 Å². The van der Waals surface area contributed by atoms with Gasteiger partial charge in [-0.05, 0) is 43.2 Å². The van der Waals surface area contributed by atoms with Crippen molar-refractivity contribution in [1.29, 1.82) is 0 Å². The normalized spacial score (nSPS) is 32.5. The molecule has 7 unspecified atom stereocenters. The molecule has 1 heterocycles. The standard InChI is InChI=1S/C23H30FNO8/c1-13-3-8-16(27)20(25(30)10-9-14-4-6-15(31-2)7-5-14)17(11-13)32-23-22(29)21(28)19(24)18(12-26)33-23/h4-8,11,17-23,26,28-29H,3,9-10,12H2,1-2H3/p+1. The first-order valence-corrected chi connectivity index (χ1v) is 10.8. The molecule has 9 nitrogen and oxygen atoms in total. The molecule has 3 rings (SSSR count). The number of benzene rings is 1. The first kappa shape index (κ1) is 25.3. The first-order valence-electron chi connectivity index (χ1n) is 10.8. The van der Waals surface area contributed by atoms with E-state index in [4.69, 9.17) is 14.2 Å². The minimum absolute atomic E-state index is 0.0319. The van der Waals surface area contributed by atoms with Gasteiger partial charge in [-0.2, -0.15) is 0 Å². The van der Waals surface area contributed by atoms with E-state index in [1.807, 2.05) is 12.1 Å². The molecule has 10 heteroatoms. The van der Waals surface area contributed by atoms with Gasteiger partial charge in [-0.1, -0.05) is 17.7 Å². The Bertz CT molecular complexity index is 872. The number of nitrogens with zero attached hydrogens (tertiary/aromatic N) is 1. The van der Waals surface area contributed by atoms with Crippen LogP contribution >= 0.6 is 0 Å². The number of nitroso groups, excluding NO2 is 1. The molecule has 7 atom stereocenters. The highest BCUT2D eigenvalue weighted by Gasteiger charge is 2.48. The summed E-state index contributed by atoms with van der Waals surface area (Å²) in [4.78, 5) is 13.1. The molecule has 1 aromatic carbocycles. The van der Waals surface area contributed by atoms with Gasteiger partial charge in [0, 0.05) is 16.1 Å². The van der Waals surface area contributed by atoms with Gasteiger partial charge in [0.05, 0.1) is 13.7 Å². The zero-order valence-electron chi connectivity index (χ0n) is 18.6. The molecule has 0 radical (unpaired) electrons. The number of alkyl halides is 1. The second kappa shape index (κ2) is 11.2. The second-order valence-corrected chi connectivity index (χ2v) is 8.28. The summed E-state index contributed by atoms with van der Waals surface area (Å²) in [6.07, 6.45) is -5.63. The van der Waals surface area contributed by atoms with Crippen LogP contribution in [0.15, 0.2) is 47.7 Å². The lowest BCUT2D eigenvalue weighted by molar-refractivity contribution is -0.590. The molecule has 0 amide bonds. The highest BCUT2D eigenvalue weighted by atomic mass is 19.1. The molecule has 33 heavy (non-hydrogen) atoms. The number of allylic oxidation sites excluding steroid dienone is 2. The fourth-order valence-electron chi connectivity index (χ4n) is 3.90. The number of methoxy groups -OCH3 is 1. The summed E-state index contributed by atoms with van der Waals surface area (Å²) in [6, 6.07) is 6.10. The van der Waals surface area contributed by atoms with Crippen molar-refractivity contribution in [2.45, 2.75) is 62.7 Å². The average molecular weight is 468 g/mol. The van der Waals surface area contributed by atoms with Crippen LogP contribution in [-0.2, 0) is 15.9 Å². The molecule has 1 aliphatic carbocycles. The summed E-state index contributed by atoms with van der Waals surface area (Å²) in [5.74, 6) is 0.492. The van der Waals surface area contributed by atoms with E-state index in [-0.39, 0.29) is 12.3 Å². The zero-order chi connectivity index (χ0) is 24.1. The molecule has 4 N–H and O–H groups in total. The highest BCUT2D eigenvalue weighted by Crippen LogP contribution is 2.29. The van der Waals surface area contributed by atoms with Crippen molar-refractivity contribution in [3.8, 4) is 5.75 Å². The summed E-state index contributed by atoms with van der Waals surface area (Å²) in [5, 5.41) is 40.2. The summed E-state index contributed by atoms with van der Waals surface area (Å²) >= 11 is 0. The first-order chi connectivity index (χ1) is 15.7. The van der Waals surface area contributed by atoms with Crippen molar-refractivity contribution in [2.24, 2.45) is 0 Å². The van der Waals surface area contributed by atoms with Crippen LogP contribution in [0.1, 0.15) is 18.9 Å². The lowest BCUT2D eigenvalue weighted by Gasteiger charge is -2.39. The van der Waals surface area contributed by atoms with Gasteiger partial charge in [0.1, 0.15) is 24.1 Å². The van der Waals surface area contributed by atoms with Gasteiger partial charge >= 0.3 is 0 Å². The summed E-state index contributed by atoms with van der Waals surface area (Å²) in [6.45, 7) is 1.09. The van der Waals surface area contributed by atoms with Crippen LogP contribution in [0, 0.1) is 4.91 Å². The third-order valence-electron chi connectivity index (χ3n) is 5.88. The number of aliphatic hydroxyl groups is 4. The zero-order valence-corrected chi connectivity index (χ0v) is 18.6. The minimum Gasteiger partial charge on any atom is -0.506 e. The monoisotopic (exact) mass is 468 g/mol. The molecular formula is C23H31FNO8+. The van der Waals surface area contributed by atoms with Crippen LogP contribution in [0.5, 0.6) is 5.75 Å². The maximum Gasteiger partial charge on any atom is 0.286 e. The van der Waals surface area contributed by atoms with Crippen LogP contribution in [0.2, 0.25) is 0 Å². The molecule has 1 saturated heterocycles. The Labute approximate surface area is 191 Å². The number of hydrogen-bond acceptors (Lipinski definition) is 8. The Hall–Kier alpha value is -2.37. The number of rotatable bonds is 8. The third kappa shape index (κ3) is 5.96. The molecule has 0 spiro atoms. The molecular weight excluding hydrogens is 437 g/mol. The predicted octanol–water partition coefficient (Wildman–Crippen LogP) is 1.34. The van der Waals surface area contributed by atoms with E-state index in [0.717, 1.165) is 11.1 Å². The van der Waals surface area contributed by atoms with Gasteiger partial charge in [0.2, 0.25) is 0 Å². The van der Waals surface area contributed by atoms with Crippen LogP contribution < -0.4 is 4.74 Å². The molecule has 2 aliphatic rings.